The first-order valence-electron chi connectivity index (χ1n) is 7.22. The number of carbonyl (C=O) groups excluding carboxylic acids is 1. The molecule has 0 bridgehead atoms. The van der Waals surface area contributed by atoms with Crippen LogP contribution < -0.4 is 14.8 Å². The quantitative estimate of drug-likeness (QED) is 0.755. The summed E-state index contributed by atoms with van der Waals surface area (Å²) in [4.78, 5) is 16.9. The molecule has 0 saturated carbocycles. The number of aromatic nitrogens is 1. The Labute approximate surface area is 147 Å². The highest BCUT2D eigenvalue weighted by Crippen LogP contribution is 2.33. The van der Waals surface area contributed by atoms with Gasteiger partial charge in [0.2, 0.25) is 6.79 Å². The summed E-state index contributed by atoms with van der Waals surface area (Å²) in [5.74, 6) is 0.792. The van der Waals surface area contributed by atoms with Gasteiger partial charge in [-0.05, 0) is 36.4 Å². The lowest BCUT2D eigenvalue weighted by Gasteiger charge is -2.02. The molecule has 0 unspecified atom stereocenters. The molecule has 0 fully saturated rings. The molecular formula is C16H12N2O5S2. The SMILES string of the molecule is CS(=O)(=O)c1ccc2nc(NC(=O)c3ccc4c(c3)OCO4)sc2c1. The van der Waals surface area contributed by atoms with Gasteiger partial charge in [0.05, 0.1) is 15.1 Å². The average molecular weight is 376 g/mol. The molecule has 2 heterocycles. The monoisotopic (exact) mass is 376 g/mol. The summed E-state index contributed by atoms with van der Waals surface area (Å²) in [6.45, 7) is 0.140. The second-order valence-electron chi connectivity index (χ2n) is 5.44. The van der Waals surface area contributed by atoms with E-state index in [-0.39, 0.29) is 17.6 Å². The minimum atomic E-state index is -3.29. The van der Waals surface area contributed by atoms with Gasteiger partial charge in [0.25, 0.3) is 5.91 Å². The van der Waals surface area contributed by atoms with Gasteiger partial charge in [0, 0.05) is 11.8 Å². The van der Waals surface area contributed by atoms with E-state index in [2.05, 4.69) is 10.3 Å². The van der Waals surface area contributed by atoms with Crippen LogP contribution in [0.5, 0.6) is 11.5 Å². The van der Waals surface area contributed by atoms with Crippen LogP contribution in [0, 0.1) is 0 Å². The third kappa shape index (κ3) is 3.03. The van der Waals surface area contributed by atoms with Crippen LogP contribution >= 0.6 is 11.3 Å². The fraction of sp³-hybridized carbons (Fsp3) is 0.125. The molecule has 1 N–H and O–H groups in total. The number of amides is 1. The average Bonchev–Trinajstić information content (AvgIpc) is 3.18. The largest absolute Gasteiger partial charge is 0.454 e. The standard InChI is InChI=1S/C16H12N2O5S2/c1-25(20,21)10-3-4-11-14(7-10)24-16(17-11)18-15(19)9-2-5-12-13(6-9)23-8-22-12/h2-7H,8H2,1H3,(H,17,18,19). The van der Waals surface area contributed by atoms with Gasteiger partial charge < -0.3 is 9.47 Å². The molecule has 1 aliphatic rings. The summed E-state index contributed by atoms with van der Waals surface area (Å²) in [7, 11) is -3.29. The van der Waals surface area contributed by atoms with Crippen LogP contribution in [0.3, 0.4) is 0 Å². The Bertz CT molecular complexity index is 1100. The highest BCUT2D eigenvalue weighted by atomic mass is 32.2. The van der Waals surface area contributed by atoms with E-state index in [1.165, 1.54) is 17.4 Å². The summed E-state index contributed by atoms with van der Waals surface area (Å²) in [6.07, 6.45) is 1.15. The van der Waals surface area contributed by atoms with Gasteiger partial charge in [-0.2, -0.15) is 0 Å². The van der Waals surface area contributed by atoms with E-state index in [1.807, 2.05) is 0 Å². The van der Waals surface area contributed by atoms with Crippen molar-refractivity contribution in [2.75, 3.05) is 18.4 Å². The molecule has 0 spiro atoms. The van der Waals surface area contributed by atoms with Crippen molar-refractivity contribution in [3.8, 4) is 11.5 Å². The van der Waals surface area contributed by atoms with Crippen LogP contribution in [0.4, 0.5) is 5.13 Å². The van der Waals surface area contributed by atoms with Crippen molar-refractivity contribution < 1.29 is 22.7 Å². The third-order valence-electron chi connectivity index (χ3n) is 3.64. The zero-order valence-electron chi connectivity index (χ0n) is 13.0. The molecule has 2 aromatic carbocycles. The number of thiazole rings is 1. The number of benzene rings is 2. The van der Waals surface area contributed by atoms with Crippen molar-refractivity contribution in [1.82, 2.24) is 4.98 Å². The number of rotatable bonds is 3. The Balaban J connectivity index is 1.61. The molecule has 1 aromatic heterocycles. The van der Waals surface area contributed by atoms with Crippen LogP contribution in [-0.2, 0) is 9.84 Å². The number of nitrogens with zero attached hydrogens (tertiary/aromatic N) is 1. The van der Waals surface area contributed by atoms with Gasteiger partial charge in [-0.1, -0.05) is 11.3 Å². The number of hydrogen-bond donors (Lipinski definition) is 1. The maximum absolute atomic E-state index is 12.4. The fourth-order valence-corrected chi connectivity index (χ4v) is 4.02. The lowest BCUT2D eigenvalue weighted by molar-refractivity contribution is 0.102. The van der Waals surface area contributed by atoms with Gasteiger partial charge in [-0.15, -0.1) is 0 Å². The molecule has 0 saturated heterocycles. The summed E-state index contributed by atoms with van der Waals surface area (Å²) in [5, 5.41) is 3.11. The van der Waals surface area contributed by atoms with Crippen LogP contribution in [0.25, 0.3) is 10.2 Å². The zero-order chi connectivity index (χ0) is 17.6. The van der Waals surface area contributed by atoms with Crippen LogP contribution in [0.15, 0.2) is 41.3 Å². The van der Waals surface area contributed by atoms with E-state index < -0.39 is 9.84 Å². The van der Waals surface area contributed by atoms with E-state index in [0.29, 0.717) is 32.4 Å². The van der Waals surface area contributed by atoms with Crippen molar-refractivity contribution in [1.29, 1.82) is 0 Å². The third-order valence-corrected chi connectivity index (χ3v) is 5.69. The summed E-state index contributed by atoms with van der Waals surface area (Å²) in [5.41, 5.74) is 1.04. The first-order chi connectivity index (χ1) is 11.9. The molecule has 128 valence electrons. The Hall–Kier alpha value is -2.65. The highest BCUT2D eigenvalue weighted by molar-refractivity contribution is 7.90. The topological polar surface area (TPSA) is 94.6 Å². The zero-order valence-corrected chi connectivity index (χ0v) is 14.6. The first kappa shape index (κ1) is 15.9. The number of sulfone groups is 1. The van der Waals surface area contributed by atoms with E-state index in [9.17, 15) is 13.2 Å². The molecule has 0 atom stereocenters. The van der Waals surface area contributed by atoms with E-state index in [1.54, 1.807) is 30.3 Å². The second kappa shape index (κ2) is 5.71. The second-order valence-corrected chi connectivity index (χ2v) is 8.49. The van der Waals surface area contributed by atoms with Crippen molar-refractivity contribution in [3.05, 3.63) is 42.0 Å². The molecule has 1 aliphatic heterocycles. The Morgan fingerprint density at radius 3 is 2.76 bits per heavy atom. The van der Waals surface area contributed by atoms with Crippen LogP contribution in [0.1, 0.15) is 10.4 Å². The number of anilines is 1. The molecule has 9 heteroatoms. The van der Waals surface area contributed by atoms with Crippen LogP contribution in [0.2, 0.25) is 0 Å². The number of nitrogens with one attached hydrogen (secondary N) is 1. The molecule has 3 aromatic rings. The first-order valence-corrected chi connectivity index (χ1v) is 9.92. The number of fused-ring (bicyclic) bond motifs is 2. The van der Waals surface area contributed by atoms with Gasteiger partial charge >= 0.3 is 0 Å². The number of carbonyl (C=O) groups is 1. The number of ether oxygens (including phenoxy) is 2. The molecule has 7 nitrogen and oxygen atoms in total. The summed E-state index contributed by atoms with van der Waals surface area (Å²) >= 11 is 1.21. The highest BCUT2D eigenvalue weighted by Gasteiger charge is 2.17. The lowest BCUT2D eigenvalue weighted by Crippen LogP contribution is -2.11. The van der Waals surface area contributed by atoms with Gasteiger partial charge in [0.15, 0.2) is 26.5 Å². The molecule has 0 aliphatic carbocycles. The van der Waals surface area contributed by atoms with Crippen molar-refractivity contribution in [3.63, 3.8) is 0 Å². The lowest BCUT2D eigenvalue weighted by atomic mass is 10.2. The summed E-state index contributed by atoms with van der Waals surface area (Å²) in [6, 6.07) is 9.59. The fourth-order valence-electron chi connectivity index (χ4n) is 2.40. The van der Waals surface area contributed by atoms with Crippen molar-refractivity contribution in [2.45, 2.75) is 4.90 Å². The van der Waals surface area contributed by atoms with E-state index in [0.717, 1.165) is 6.26 Å². The van der Waals surface area contributed by atoms with E-state index >= 15 is 0 Å². The Morgan fingerprint density at radius 1 is 1.16 bits per heavy atom. The van der Waals surface area contributed by atoms with Crippen LogP contribution in [-0.4, -0.2) is 32.4 Å². The maximum atomic E-state index is 12.4. The number of hydrogen-bond acceptors (Lipinski definition) is 7. The molecule has 4 rings (SSSR count). The molecule has 0 radical (unpaired) electrons. The Morgan fingerprint density at radius 2 is 1.96 bits per heavy atom. The minimum Gasteiger partial charge on any atom is -0.454 e. The summed E-state index contributed by atoms with van der Waals surface area (Å²) < 4.78 is 34.4. The maximum Gasteiger partial charge on any atom is 0.257 e. The molecular weight excluding hydrogens is 364 g/mol. The van der Waals surface area contributed by atoms with Crippen molar-refractivity contribution >= 4 is 42.4 Å². The van der Waals surface area contributed by atoms with Gasteiger partial charge in [0.1, 0.15) is 0 Å². The predicted octanol–water partition coefficient (Wildman–Crippen LogP) is 2.68. The van der Waals surface area contributed by atoms with E-state index in [4.69, 9.17) is 9.47 Å². The smallest absolute Gasteiger partial charge is 0.257 e. The van der Waals surface area contributed by atoms with Gasteiger partial charge in [-0.3, -0.25) is 10.1 Å². The van der Waals surface area contributed by atoms with Gasteiger partial charge in [-0.25, -0.2) is 13.4 Å². The van der Waals surface area contributed by atoms with Crippen molar-refractivity contribution in [2.24, 2.45) is 0 Å². The predicted molar refractivity (Wildman–Crippen MR) is 93.2 cm³/mol. The minimum absolute atomic E-state index is 0.140. The molecule has 1 amide bonds. The Kier molecular flexibility index (Phi) is 3.62. The molecule has 25 heavy (non-hydrogen) atoms. The normalized spacial score (nSPS) is 13.2.